The van der Waals surface area contributed by atoms with Crippen LogP contribution in [0.15, 0.2) is 64.6 Å². The zero-order valence-electron chi connectivity index (χ0n) is 15.7. The molecule has 7 nitrogen and oxygen atoms in total. The smallest absolute Gasteiger partial charge is 0.261 e. The lowest BCUT2D eigenvalue weighted by Gasteiger charge is -2.35. The van der Waals surface area contributed by atoms with Gasteiger partial charge < -0.3 is 5.11 Å². The summed E-state index contributed by atoms with van der Waals surface area (Å²) >= 11 is 3.33. The summed E-state index contributed by atoms with van der Waals surface area (Å²) in [6.07, 6.45) is 3.93. The summed E-state index contributed by atoms with van der Waals surface area (Å²) in [4.78, 5) is 21.3. The molecule has 2 aromatic carbocycles. The molecule has 0 amide bonds. The lowest BCUT2D eigenvalue weighted by molar-refractivity contribution is -0.0343. The second kappa shape index (κ2) is 7.69. The van der Waals surface area contributed by atoms with Crippen LogP contribution in [0.2, 0.25) is 0 Å². The van der Waals surface area contributed by atoms with Crippen molar-refractivity contribution in [2.24, 2.45) is 0 Å². The zero-order valence-corrected chi connectivity index (χ0v) is 17.3. The highest BCUT2D eigenvalue weighted by molar-refractivity contribution is 9.10. The fourth-order valence-corrected chi connectivity index (χ4v) is 3.82. The SMILES string of the molecule is C[C@@H](n1cnc2ccc(Br)cc2c1=O)[C@](O)(Cn1cncn1)c1ccc(F)cc1F. The van der Waals surface area contributed by atoms with Crippen molar-refractivity contribution in [2.45, 2.75) is 25.1 Å². The van der Waals surface area contributed by atoms with Gasteiger partial charge in [0.25, 0.3) is 5.56 Å². The number of hydrogen-bond acceptors (Lipinski definition) is 5. The molecule has 0 aliphatic rings. The van der Waals surface area contributed by atoms with Crippen molar-refractivity contribution in [3.8, 4) is 0 Å². The van der Waals surface area contributed by atoms with Crippen molar-refractivity contribution in [3.63, 3.8) is 0 Å². The topological polar surface area (TPSA) is 85.8 Å². The Bertz CT molecular complexity index is 1280. The Morgan fingerprint density at radius 2 is 2.00 bits per heavy atom. The maximum atomic E-state index is 14.7. The van der Waals surface area contributed by atoms with Crippen LogP contribution < -0.4 is 5.56 Å². The van der Waals surface area contributed by atoms with Crippen LogP contribution in [0, 0.1) is 11.6 Å². The average Bonchev–Trinajstić information content (AvgIpc) is 3.21. The number of aromatic nitrogens is 5. The fraction of sp³-hybridized carbons (Fsp3) is 0.200. The largest absolute Gasteiger partial charge is 0.381 e. The maximum Gasteiger partial charge on any atom is 0.261 e. The Labute approximate surface area is 177 Å². The van der Waals surface area contributed by atoms with Crippen LogP contribution >= 0.6 is 15.9 Å². The molecule has 4 rings (SSSR count). The summed E-state index contributed by atoms with van der Waals surface area (Å²) in [6.45, 7) is 1.34. The highest BCUT2D eigenvalue weighted by atomic mass is 79.9. The number of aliphatic hydroxyl groups is 1. The van der Waals surface area contributed by atoms with Crippen molar-refractivity contribution < 1.29 is 13.9 Å². The minimum Gasteiger partial charge on any atom is -0.381 e. The molecule has 0 saturated heterocycles. The van der Waals surface area contributed by atoms with E-state index < -0.39 is 28.8 Å². The van der Waals surface area contributed by atoms with Gasteiger partial charge in [-0.15, -0.1) is 0 Å². The van der Waals surface area contributed by atoms with Gasteiger partial charge in [0.05, 0.1) is 29.8 Å². The molecule has 0 bridgehead atoms. The van der Waals surface area contributed by atoms with E-state index in [0.29, 0.717) is 21.4 Å². The van der Waals surface area contributed by atoms with E-state index >= 15 is 0 Å². The molecule has 10 heteroatoms. The molecule has 2 atom stereocenters. The van der Waals surface area contributed by atoms with Gasteiger partial charge in [-0.2, -0.15) is 5.10 Å². The number of hydrogen-bond donors (Lipinski definition) is 1. The first-order chi connectivity index (χ1) is 14.3. The first kappa shape index (κ1) is 20.3. The Balaban J connectivity index is 1.90. The van der Waals surface area contributed by atoms with Crippen molar-refractivity contribution in [2.75, 3.05) is 0 Å². The van der Waals surface area contributed by atoms with Crippen molar-refractivity contribution in [1.29, 1.82) is 0 Å². The molecule has 0 saturated carbocycles. The van der Waals surface area contributed by atoms with Crippen LogP contribution in [0.25, 0.3) is 10.9 Å². The molecule has 0 fully saturated rings. The minimum absolute atomic E-state index is 0.173. The van der Waals surface area contributed by atoms with Gasteiger partial charge in [0.15, 0.2) is 0 Å². The molecule has 0 aliphatic heterocycles. The summed E-state index contributed by atoms with van der Waals surface area (Å²) < 4.78 is 31.4. The standard InChI is InChI=1S/C20H16BrF2N5O2/c1-12(28-11-25-18-5-2-13(21)6-15(18)19(28)29)20(30,8-27-10-24-9-26-27)16-4-3-14(22)7-17(16)23/h2-7,9-12,30H,8H2,1H3/t12-,20-/m1/s1. The lowest BCUT2D eigenvalue weighted by Crippen LogP contribution is -2.43. The summed E-state index contributed by atoms with van der Waals surface area (Å²) in [6, 6.07) is 7.00. The molecule has 154 valence electrons. The second-order valence-corrected chi connectivity index (χ2v) is 7.85. The predicted octanol–water partition coefficient (Wildman–Crippen LogP) is 3.18. The van der Waals surface area contributed by atoms with E-state index in [1.807, 2.05) is 0 Å². The lowest BCUT2D eigenvalue weighted by atomic mass is 9.86. The molecule has 1 N–H and O–H groups in total. The first-order valence-corrected chi connectivity index (χ1v) is 9.75. The van der Waals surface area contributed by atoms with E-state index in [0.717, 1.165) is 12.1 Å². The Hall–Kier alpha value is -2.98. The summed E-state index contributed by atoms with van der Waals surface area (Å²) in [5, 5.41) is 16.0. The number of halogens is 3. The number of rotatable bonds is 5. The molecule has 30 heavy (non-hydrogen) atoms. The van der Waals surface area contributed by atoms with Crippen LogP contribution in [0.4, 0.5) is 8.78 Å². The first-order valence-electron chi connectivity index (χ1n) is 8.96. The Morgan fingerprint density at radius 3 is 2.70 bits per heavy atom. The van der Waals surface area contributed by atoms with Crippen molar-refractivity contribution in [1.82, 2.24) is 24.3 Å². The number of fused-ring (bicyclic) bond motifs is 1. The quantitative estimate of drug-likeness (QED) is 0.479. The molecular weight excluding hydrogens is 460 g/mol. The van der Waals surface area contributed by atoms with Crippen LogP contribution in [0.5, 0.6) is 0 Å². The van der Waals surface area contributed by atoms with Crippen molar-refractivity contribution >= 4 is 26.8 Å². The zero-order chi connectivity index (χ0) is 21.5. The monoisotopic (exact) mass is 475 g/mol. The maximum absolute atomic E-state index is 14.7. The summed E-state index contributed by atoms with van der Waals surface area (Å²) in [7, 11) is 0. The average molecular weight is 476 g/mol. The number of nitrogens with zero attached hydrogens (tertiary/aromatic N) is 5. The van der Waals surface area contributed by atoms with Gasteiger partial charge >= 0.3 is 0 Å². The summed E-state index contributed by atoms with van der Waals surface area (Å²) in [5.41, 5.74) is -2.06. The third-order valence-electron chi connectivity index (χ3n) is 5.12. The third kappa shape index (κ3) is 3.52. The Kier molecular flexibility index (Phi) is 5.20. The van der Waals surface area contributed by atoms with Gasteiger partial charge in [-0.05, 0) is 31.2 Å². The van der Waals surface area contributed by atoms with Gasteiger partial charge in [0, 0.05) is 16.1 Å². The predicted molar refractivity (Wildman–Crippen MR) is 109 cm³/mol. The molecular formula is C20H16BrF2N5O2. The highest BCUT2D eigenvalue weighted by Crippen LogP contribution is 2.36. The van der Waals surface area contributed by atoms with Gasteiger partial charge in [0.1, 0.15) is 29.9 Å². The van der Waals surface area contributed by atoms with E-state index in [-0.39, 0.29) is 12.1 Å². The molecule has 0 spiro atoms. The van der Waals surface area contributed by atoms with Gasteiger partial charge in [-0.25, -0.2) is 23.4 Å². The number of benzene rings is 2. The van der Waals surface area contributed by atoms with E-state index in [4.69, 9.17) is 0 Å². The molecule has 2 aromatic heterocycles. The summed E-state index contributed by atoms with van der Waals surface area (Å²) in [5.74, 6) is -1.71. The molecule has 2 heterocycles. The molecule has 0 radical (unpaired) electrons. The van der Waals surface area contributed by atoms with Gasteiger partial charge in [0.2, 0.25) is 0 Å². The molecule has 0 aliphatic carbocycles. The van der Waals surface area contributed by atoms with Crippen LogP contribution in [-0.2, 0) is 12.1 Å². The van der Waals surface area contributed by atoms with Gasteiger partial charge in [-0.1, -0.05) is 22.0 Å². The van der Waals surface area contributed by atoms with E-state index in [1.165, 1.54) is 28.2 Å². The van der Waals surface area contributed by atoms with E-state index in [2.05, 4.69) is 31.0 Å². The fourth-order valence-electron chi connectivity index (χ4n) is 3.46. The van der Waals surface area contributed by atoms with E-state index in [1.54, 1.807) is 25.1 Å². The molecule has 0 unspecified atom stereocenters. The molecule has 4 aromatic rings. The van der Waals surface area contributed by atoms with E-state index in [9.17, 15) is 18.7 Å². The highest BCUT2D eigenvalue weighted by Gasteiger charge is 2.41. The minimum atomic E-state index is -1.96. The second-order valence-electron chi connectivity index (χ2n) is 6.94. The van der Waals surface area contributed by atoms with Crippen molar-refractivity contribution in [3.05, 3.63) is 87.4 Å². The van der Waals surface area contributed by atoms with Crippen LogP contribution in [0.3, 0.4) is 0 Å². The van der Waals surface area contributed by atoms with Crippen LogP contribution in [-0.4, -0.2) is 29.4 Å². The normalized spacial score (nSPS) is 14.6. The van der Waals surface area contributed by atoms with Gasteiger partial charge in [-0.3, -0.25) is 9.36 Å². The third-order valence-corrected chi connectivity index (χ3v) is 5.61. The Morgan fingerprint density at radius 1 is 1.20 bits per heavy atom. The van der Waals surface area contributed by atoms with Crippen LogP contribution in [0.1, 0.15) is 18.5 Å².